The number of carbonyl (C=O) groups excluding carboxylic acids is 3. The molecule has 2 N–H and O–H groups in total. The van der Waals surface area contributed by atoms with Crippen molar-refractivity contribution in [3.8, 4) is 0 Å². The fraction of sp³-hybridized carbons (Fsp3) is 0.469. The zero-order chi connectivity index (χ0) is 31.9. The lowest BCUT2D eigenvalue weighted by atomic mass is 9.95. The highest BCUT2D eigenvalue weighted by Crippen LogP contribution is 2.43. The van der Waals surface area contributed by atoms with Crippen LogP contribution in [0.5, 0.6) is 0 Å². The van der Waals surface area contributed by atoms with Crippen molar-refractivity contribution >= 4 is 40.3 Å². The van der Waals surface area contributed by atoms with Crippen LogP contribution in [0.1, 0.15) is 53.5 Å². The zero-order valence-corrected chi connectivity index (χ0v) is 26.2. The maximum Gasteiger partial charge on any atom is 0.410 e. The maximum absolute atomic E-state index is 14.3. The highest BCUT2D eigenvalue weighted by molar-refractivity contribution is 5.98. The number of aromatic nitrogens is 3. The predicted molar refractivity (Wildman–Crippen MR) is 165 cm³/mol. The number of halogens is 1. The minimum Gasteiger partial charge on any atom is -0.444 e. The summed E-state index contributed by atoms with van der Waals surface area (Å²) in [5.41, 5.74) is 1.66. The highest BCUT2D eigenvalue weighted by Gasteiger charge is 2.49. The van der Waals surface area contributed by atoms with Crippen LogP contribution in [0.2, 0.25) is 0 Å². The number of nitrogens with one attached hydrogen (secondary N) is 2. The SMILES string of the molecule is CC(C)C(NC(=O)C(C)N(C)C(=O)OC(C)(C)C)C(=O)N1CCC2C1C(c1c[nH]c3cc(F)ccc13)=CN2c1ncccn1. The Labute approximate surface area is 256 Å². The number of aromatic amines is 1. The molecule has 234 valence electrons. The Bertz CT molecular complexity index is 1580. The minimum atomic E-state index is -0.871. The van der Waals surface area contributed by atoms with Gasteiger partial charge < -0.3 is 24.8 Å². The maximum atomic E-state index is 14.3. The lowest BCUT2D eigenvalue weighted by Gasteiger charge is -2.34. The number of fused-ring (bicyclic) bond motifs is 2. The summed E-state index contributed by atoms with van der Waals surface area (Å²) in [5.74, 6) is -0.737. The fourth-order valence-corrected chi connectivity index (χ4v) is 5.84. The number of nitrogens with zero attached hydrogens (tertiary/aromatic N) is 5. The van der Waals surface area contributed by atoms with E-state index in [2.05, 4.69) is 20.3 Å². The van der Waals surface area contributed by atoms with Crippen molar-refractivity contribution in [1.29, 1.82) is 0 Å². The number of likely N-dealkylation sites (tertiary alicyclic amines) is 1. The first-order valence-electron chi connectivity index (χ1n) is 14.9. The van der Waals surface area contributed by atoms with Gasteiger partial charge >= 0.3 is 6.09 Å². The molecule has 44 heavy (non-hydrogen) atoms. The van der Waals surface area contributed by atoms with Gasteiger partial charge in [-0.25, -0.2) is 19.2 Å². The van der Waals surface area contributed by atoms with Gasteiger partial charge in [0, 0.05) is 60.4 Å². The van der Waals surface area contributed by atoms with Crippen LogP contribution in [0.4, 0.5) is 15.1 Å². The largest absolute Gasteiger partial charge is 0.444 e. The first kappa shape index (κ1) is 31.0. The summed E-state index contributed by atoms with van der Waals surface area (Å²) >= 11 is 0. The smallest absolute Gasteiger partial charge is 0.410 e. The van der Waals surface area contributed by atoms with Crippen molar-refractivity contribution < 1.29 is 23.5 Å². The van der Waals surface area contributed by atoms with Crippen molar-refractivity contribution in [3.63, 3.8) is 0 Å². The van der Waals surface area contributed by atoms with E-state index in [0.29, 0.717) is 24.4 Å². The molecule has 1 fully saturated rings. The van der Waals surface area contributed by atoms with Gasteiger partial charge in [0.15, 0.2) is 0 Å². The van der Waals surface area contributed by atoms with Gasteiger partial charge in [-0.3, -0.25) is 14.5 Å². The summed E-state index contributed by atoms with van der Waals surface area (Å²) in [7, 11) is 1.50. The van der Waals surface area contributed by atoms with E-state index in [4.69, 9.17) is 4.74 Å². The summed E-state index contributed by atoms with van der Waals surface area (Å²) in [5, 5.41) is 3.75. The van der Waals surface area contributed by atoms with Crippen LogP contribution in [-0.2, 0) is 14.3 Å². The van der Waals surface area contributed by atoms with Gasteiger partial charge in [0.25, 0.3) is 0 Å². The molecule has 5 rings (SSSR count). The lowest BCUT2D eigenvalue weighted by molar-refractivity contribution is -0.138. The summed E-state index contributed by atoms with van der Waals surface area (Å²) in [6.07, 6.45) is 7.18. The van der Waals surface area contributed by atoms with Gasteiger partial charge in [-0.15, -0.1) is 0 Å². The fourth-order valence-electron chi connectivity index (χ4n) is 5.84. The second-order valence-electron chi connectivity index (χ2n) is 12.8. The molecule has 12 heteroatoms. The Balaban J connectivity index is 1.43. The van der Waals surface area contributed by atoms with Crippen LogP contribution in [0.3, 0.4) is 0 Å². The second kappa shape index (κ2) is 11.9. The van der Waals surface area contributed by atoms with Gasteiger partial charge in [-0.1, -0.05) is 13.8 Å². The van der Waals surface area contributed by atoms with E-state index in [1.54, 1.807) is 52.2 Å². The molecule has 4 atom stereocenters. The normalized spacial score (nSPS) is 19.5. The molecular formula is C32H40FN7O4. The molecule has 2 aliphatic heterocycles. The number of hydrogen-bond donors (Lipinski definition) is 2. The molecule has 0 bridgehead atoms. The Hall–Kier alpha value is -4.48. The van der Waals surface area contributed by atoms with Crippen LogP contribution in [0, 0.1) is 11.7 Å². The molecular weight excluding hydrogens is 565 g/mol. The topological polar surface area (TPSA) is 124 Å². The van der Waals surface area contributed by atoms with Gasteiger partial charge in [-0.2, -0.15) is 0 Å². The van der Waals surface area contributed by atoms with Gasteiger partial charge in [0.1, 0.15) is 23.5 Å². The minimum absolute atomic E-state index is 0.137. The van der Waals surface area contributed by atoms with Crippen LogP contribution in [-0.4, -0.2) is 86.0 Å². The quantitative estimate of drug-likeness (QED) is 0.411. The van der Waals surface area contributed by atoms with Crippen LogP contribution >= 0.6 is 0 Å². The van der Waals surface area contributed by atoms with E-state index in [1.165, 1.54) is 24.1 Å². The van der Waals surface area contributed by atoms with E-state index in [9.17, 15) is 18.8 Å². The number of H-pyrrole nitrogens is 1. The molecule has 3 aromatic rings. The monoisotopic (exact) mass is 605 g/mol. The molecule has 0 saturated carbocycles. The Kier molecular flexibility index (Phi) is 8.37. The van der Waals surface area contributed by atoms with E-state index in [1.807, 2.05) is 36.0 Å². The lowest BCUT2D eigenvalue weighted by Crippen LogP contribution is -2.57. The molecule has 4 heterocycles. The zero-order valence-electron chi connectivity index (χ0n) is 26.2. The summed E-state index contributed by atoms with van der Waals surface area (Å²) < 4.78 is 19.4. The number of hydrogen-bond acceptors (Lipinski definition) is 7. The Morgan fingerprint density at radius 1 is 1.16 bits per heavy atom. The molecule has 0 aliphatic carbocycles. The molecule has 1 saturated heterocycles. The number of amides is 3. The Morgan fingerprint density at radius 3 is 2.52 bits per heavy atom. The number of anilines is 1. The third-order valence-electron chi connectivity index (χ3n) is 8.21. The molecule has 2 aromatic heterocycles. The molecule has 0 radical (unpaired) electrons. The van der Waals surface area contributed by atoms with Crippen molar-refractivity contribution in [2.45, 2.75) is 77.7 Å². The highest BCUT2D eigenvalue weighted by atomic mass is 19.1. The summed E-state index contributed by atoms with van der Waals surface area (Å²) in [4.78, 5) is 57.4. The standard InChI is InChI=1S/C32H40FN7O4/c1-18(2)26(37-28(41)19(3)38(7)31(43)44-32(4,5)6)29(42)39-14-11-25-27(39)23(17-40(25)30-34-12-8-13-35-30)22-16-36-24-15-20(33)9-10-21(22)24/h8-10,12-13,15-19,25-27,36H,11,14H2,1-7H3,(H,37,41). The first-order valence-corrected chi connectivity index (χ1v) is 14.9. The molecule has 11 nitrogen and oxygen atoms in total. The van der Waals surface area contributed by atoms with Crippen LogP contribution in [0.15, 0.2) is 49.1 Å². The third-order valence-corrected chi connectivity index (χ3v) is 8.21. The van der Waals surface area contributed by atoms with E-state index in [-0.39, 0.29) is 29.7 Å². The number of carbonyl (C=O) groups is 3. The van der Waals surface area contributed by atoms with Crippen molar-refractivity contribution in [1.82, 2.24) is 30.1 Å². The van der Waals surface area contributed by atoms with Crippen molar-refractivity contribution in [2.24, 2.45) is 5.92 Å². The van der Waals surface area contributed by atoms with Gasteiger partial charge in [0.2, 0.25) is 17.8 Å². The van der Waals surface area contributed by atoms with Crippen LogP contribution < -0.4 is 10.2 Å². The van der Waals surface area contributed by atoms with E-state index < -0.39 is 29.7 Å². The number of benzene rings is 1. The van der Waals surface area contributed by atoms with E-state index in [0.717, 1.165) is 16.5 Å². The average Bonchev–Trinajstić information content (AvgIpc) is 3.68. The van der Waals surface area contributed by atoms with Crippen molar-refractivity contribution in [3.05, 3.63) is 60.4 Å². The molecule has 3 amide bonds. The third kappa shape index (κ3) is 5.97. The summed E-state index contributed by atoms with van der Waals surface area (Å²) in [6.45, 7) is 11.1. The average molecular weight is 606 g/mol. The van der Waals surface area contributed by atoms with Crippen molar-refractivity contribution in [2.75, 3.05) is 18.5 Å². The van der Waals surface area contributed by atoms with E-state index >= 15 is 0 Å². The summed E-state index contributed by atoms with van der Waals surface area (Å²) in [6, 6.07) is 4.13. The van der Waals surface area contributed by atoms with Crippen LogP contribution in [0.25, 0.3) is 16.5 Å². The Morgan fingerprint density at radius 2 is 1.86 bits per heavy atom. The second-order valence-corrected chi connectivity index (χ2v) is 12.8. The molecule has 1 aromatic carbocycles. The molecule has 2 aliphatic rings. The molecule has 0 spiro atoms. The number of rotatable bonds is 7. The molecule has 4 unspecified atom stereocenters. The first-order chi connectivity index (χ1) is 20.8. The number of ether oxygens (including phenoxy) is 1. The van der Waals surface area contributed by atoms with Gasteiger partial charge in [0.05, 0.1) is 12.1 Å². The number of likely N-dealkylation sites (N-methyl/N-ethyl adjacent to an activating group) is 1. The van der Waals surface area contributed by atoms with Gasteiger partial charge in [-0.05, 0) is 64.3 Å². The predicted octanol–water partition coefficient (Wildman–Crippen LogP) is 4.32.